The number of hydrogen-bond donors (Lipinski definition) is 1. The molecule has 0 amide bonds. The lowest BCUT2D eigenvalue weighted by atomic mass is 9.98. The summed E-state index contributed by atoms with van der Waals surface area (Å²) in [5, 5.41) is 9.56. The molecular weight excluding hydrogens is 292 g/mol. The van der Waals surface area contributed by atoms with Gasteiger partial charge in [0, 0.05) is 11.4 Å². The predicted octanol–water partition coefficient (Wildman–Crippen LogP) is 3.47. The first-order chi connectivity index (χ1) is 10.0. The number of carbonyl (C=O) groups excluding carboxylic acids is 1. The summed E-state index contributed by atoms with van der Waals surface area (Å²) >= 11 is 5.90. The van der Waals surface area contributed by atoms with Crippen molar-refractivity contribution < 1.29 is 19.4 Å². The fourth-order valence-electron chi connectivity index (χ4n) is 2.05. The van der Waals surface area contributed by atoms with Gasteiger partial charge >= 0.3 is 5.97 Å². The Balaban J connectivity index is 2.35. The van der Waals surface area contributed by atoms with Crippen molar-refractivity contribution >= 4 is 23.4 Å². The molecule has 0 aliphatic carbocycles. The zero-order chi connectivity index (χ0) is 15.4. The molecule has 0 aliphatic heterocycles. The van der Waals surface area contributed by atoms with Crippen molar-refractivity contribution in [1.29, 1.82) is 0 Å². The summed E-state index contributed by atoms with van der Waals surface area (Å²) < 4.78 is 5.14. The van der Waals surface area contributed by atoms with E-state index in [2.05, 4.69) is 0 Å². The molecule has 4 nitrogen and oxygen atoms in total. The Bertz CT molecular complexity index is 694. The molecule has 1 N–H and O–H groups in total. The van der Waals surface area contributed by atoms with Crippen LogP contribution in [0.25, 0.3) is 0 Å². The average molecular weight is 305 g/mol. The highest BCUT2D eigenvalue weighted by Gasteiger charge is 2.17. The number of aromatic carboxylic acids is 1. The Morgan fingerprint density at radius 2 is 1.86 bits per heavy atom. The minimum Gasteiger partial charge on any atom is -0.496 e. The molecule has 0 radical (unpaired) electrons. The van der Waals surface area contributed by atoms with Crippen molar-refractivity contribution in [1.82, 2.24) is 0 Å². The molecule has 0 unspecified atom stereocenters. The van der Waals surface area contributed by atoms with Crippen molar-refractivity contribution in [3.8, 4) is 5.75 Å². The molecule has 0 spiro atoms. The van der Waals surface area contributed by atoms with Crippen LogP contribution >= 0.6 is 11.6 Å². The predicted molar refractivity (Wildman–Crippen MR) is 79.4 cm³/mol. The lowest BCUT2D eigenvalue weighted by Gasteiger charge is -2.09. The van der Waals surface area contributed by atoms with Gasteiger partial charge in [-0.3, -0.25) is 4.79 Å². The molecule has 2 rings (SSSR count). The lowest BCUT2D eigenvalue weighted by molar-refractivity contribution is 0.0696. The molecule has 0 atom stereocenters. The quantitative estimate of drug-likeness (QED) is 0.859. The first kappa shape index (κ1) is 15.1. The van der Waals surface area contributed by atoms with E-state index >= 15 is 0 Å². The second kappa shape index (κ2) is 6.41. The summed E-state index contributed by atoms with van der Waals surface area (Å²) in [7, 11) is 1.46. The summed E-state index contributed by atoms with van der Waals surface area (Å²) in [6, 6.07) is 11.2. The summed E-state index contributed by atoms with van der Waals surface area (Å²) in [5.41, 5.74) is 0.911. The number of benzene rings is 2. The number of Topliss-reactive ketones (excluding diaryl/α,β-unsaturated/α-hetero) is 1. The van der Waals surface area contributed by atoms with Crippen LogP contribution < -0.4 is 4.74 Å². The van der Waals surface area contributed by atoms with E-state index in [0.29, 0.717) is 21.9 Å². The second-order valence-electron chi connectivity index (χ2n) is 4.41. The summed E-state index contributed by atoms with van der Waals surface area (Å²) in [6.45, 7) is 0. The topological polar surface area (TPSA) is 63.6 Å². The normalized spacial score (nSPS) is 10.2. The maximum Gasteiger partial charge on any atom is 0.335 e. The van der Waals surface area contributed by atoms with E-state index in [1.807, 2.05) is 0 Å². The van der Waals surface area contributed by atoms with Gasteiger partial charge in [-0.25, -0.2) is 4.79 Å². The number of ether oxygens (including phenoxy) is 1. The third kappa shape index (κ3) is 3.41. The number of rotatable bonds is 5. The van der Waals surface area contributed by atoms with Crippen LogP contribution in [0.3, 0.4) is 0 Å². The van der Waals surface area contributed by atoms with Crippen LogP contribution in [-0.2, 0) is 6.42 Å². The first-order valence-electron chi connectivity index (χ1n) is 6.21. The molecule has 0 aliphatic rings. The van der Waals surface area contributed by atoms with Crippen LogP contribution in [0.1, 0.15) is 26.3 Å². The largest absolute Gasteiger partial charge is 0.496 e. The van der Waals surface area contributed by atoms with Crippen LogP contribution in [0.15, 0.2) is 42.5 Å². The molecule has 2 aromatic carbocycles. The maximum absolute atomic E-state index is 12.4. The molecule has 0 heterocycles. The highest BCUT2D eigenvalue weighted by molar-refractivity contribution is 6.31. The highest BCUT2D eigenvalue weighted by Crippen LogP contribution is 2.24. The molecule has 0 fully saturated rings. The number of carbonyl (C=O) groups is 2. The van der Waals surface area contributed by atoms with Gasteiger partial charge < -0.3 is 9.84 Å². The second-order valence-corrected chi connectivity index (χ2v) is 4.84. The number of halogens is 1. The third-order valence-corrected chi connectivity index (χ3v) is 3.30. The standard InChI is InChI=1S/C16H13ClO4/c1-21-15-7-6-11(17)9-13(15)14(18)8-10-4-2-3-5-12(10)16(19)20/h2-7,9H,8H2,1H3,(H,19,20). The van der Waals surface area contributed by atoms with E-state index < -0.39 is 5.97 Å². The summed E-state index contributed by atoms with van der Waals surface area (Å²) in [5.74, 6) is -0.892. The van der Waals surface area contributed by atoms with Crippen LogP contribution in [0.4, 0.5) is 0 Å². The average Bonchev–Trinajstić information content (AvgIpc) is 2.47. The van der Waals surface area contributed by atoms with Crippen molar-refractivity contribution in [2.45, 2.75) is 6.42 Å². The van der Waals surface area contributed by atoms with Gasteiger partial charge in [0.25, 0.3) is 0 Å². The Hall–Kier alpha value is -2.33. The summed E-state index contributed by atoms with van der Waals surface area (Å²) in [6.07, 6.45) is -0.0286. The Kier molecular flexibility index (Phi) is 4.60. The molecule has 5 heteroatoms. The van der Waals surface area contributed by atoms with E-state index in [9.17, 15) is 9.59 Å². The minimum absolute atomic E-state index is 0.0286. The number of carboxylic acid groups (broad SMARTS) is 1. The first-order valence-corrected chi connectivity index (χ1v) is 6.58. The SMILES string of the molecule is COc1ccc(Cl)cc1C(=O)Cc1ccccc1C(=O)O. The fourth-order valence-corrected chi connectivity index (χ4v) is 2.22. The van der Waals surface area contributed by atoms with Gasteiger partial charge in [0.05, 0.1) is 18.2 Å². The highest BCUT2D eigenvalue weighted by atomic mass is 35.5. The zero-order valence-corrected chi connectivity index (χ0v) is 12.1. The fraction of sp³-hybridized carbons (Fsp3) is 0.125. The van der Waals surface area contributed by atoms with Crippen molar-refractivity contribution in [2.24, 2.45) is 0 Å². The molecule has 108 valence electrons. The Labute approximate surface area is 126 Å². The van der Waals surface area contributed by atoms with Gasteiger partial charge in [0.15, 0.2) is 5.78 Å². The van der Waals surface area contributed by atoms with E-state index in [1.54, 1.807) is 30.3 Å². The number of methoxy groups -OCH3 is 1. The molecular formula is C16H13ClO4. The van der Waals surface area contributed by atoms with Crippen molar-refractivity contribution in [2.75, 3.05) is 7.11 Å². The van der Waals surface area contributed by atoms with E-state index in [-0.39, 0.29) is 17.8 Å². The lowest BCUT2D eigenvalue weighted by Crippen LogP contribution is -2.10. The monoisotopic (exact) mass is 304 g/mol. The summed E-state index contributed by atoms with van der Waals surface area (Å²) in [4.78, 5) is 23.5. The molecule has 0 saturated heterocycles. The van der Waals surface area contributed by atoms with E-state index in [0.717, 1.165) is 0 Å². The van der Waals surface area contributed by atoms with Crippen LogP contribution in [0, 0.1) is 0 Å². The van der Waals surface area contributed by atoms with Crippen LogP contribution in [-0.4, -0.2) is 24.0 Å². The zero-order valence-electron chi connectivity index (χ0n) is 11.3. The van der Waals surface area contributed by atoms with Crippen molar-refractivity contribution in [3.05, 3.63) is 64.2 Å². The molecule has 0 bridgehead atoms. The van der Waals surface area contributed by atoms with Gasteiger partial charge in [-0.15, -0.1) is 0 Å². The van der Waals surface area contributed by atoms with Gasteiger partial charge in [-0.2, -0.15) is 0 Å². The van der Waals surface area contributed by atoms with Gasteiger partial charge in [-0.05, 0) is 29.8 Å². The van der Waals surface area contributed by atoms with Gasteiger partial charge in [-0.1, -0.05) is 29.8 Å². The molecule has 0 saturated carbocycles. The molecule has 21 heavy (non-hydrogen) atoms. The van der Waals surface area contributed by atoms with E-state index in [4.69, 9.17) is 21.4 Å². The third-order valence-electron chi connectivity index (χ3n) is 3.06. The van der Waals surface area contributed by atoms with E-state index in [1.165, 1.54) is 19.2 Å². The number of ketones is 1. The Morgan fingerprint density at radius 1 is 1.14 bits per heavy atom. The van der Waals surface area contributed by atoms with Crippen molar-refractivity contribution in [3.63, 3.8) is 0 Å². The van der Waals surface area contributed by atoms with Crippen LogP contribution in [0.5, 0.6) is 5.75 Å². The number of carboxylic acids is 1. The van der Waals surface area contributed by atoms with Gasteiger partial charge in [0.2, 0.25) is 0 Å². The van der Waals surface area contributed by atoms with Gasteiger partial charge in [0.1, 0.15) is 5.75 Å². The minimum atomic E-state index is -1.06. The molecule has 0 aromatic heterocycles. The Morgan fingerprint density at radius 3 is 2.52 bits per heavy atom. The maximum atomic E-state index is 12.4. The molecule has 2 aromatic rings. The smallest absolute Gasteiger partial charge is 0.335 e. The van der Waals surface area contributed by atoms with Crippen LogP contribution in [0.2, 0.25) is 5.02 Å². The number of hydrogen-bond acceptors (Lipinski definition) is 3.